The Hall–Kier alpha value is -2.04. The summed E-state index contributed by atoms with van der Waals surface area (Å²) >= 11 is 0. The van der Waals surface area contributed by atoms with E-state index in [9.17, 15) is 9.59 Å². The van der Waals surface area contributed by atoms with E-state index in [1.165, 1.54) is 31.7 Å². The summed E-state index contributed by atoms with van der Waals surface area (Å²) < 4.78 is 1.66. The molecule has 112 valence electrons. The van der Waals surface area contributed by atoms with Crippen molar-refractivity contribution in [1.29, 1.82) is 0 Å². The van der Waals surface area contributed by atoms with Crippen molar-refractivity contribution in [2.24, 2.45) is 5.92 Å². The summed E-state index contributed by atoms with van der Waals surface area (Å²) in [7, 11) is 0. The van der Waals surface area contributed by atoms with Crippen molar-refractivity contribution < 1.29 is 9.90 Å². The zero-order valence-electron chi connectivity index (χ0n) is 12.0. The van der Waals surface area contributed by atoms with Crippen LogP contribution in [-0.2, 0) is 6.54 Å². The van der Waals surface area contributed by atoms with E-state index in [0.29, 0.717) is 17.6 Å². The van der Waals surface area contributed by atoms with Crippen LogP contribution in [0.25, 0.3) is 11.0 Å². The summed E-state index contributed by atoms with van der Waals surface area (Å²) in [5.74, 6) is -0.163. The lowest BCUT2D eigenvalue weighted by Crippen LogP contribution is -2.17. The average Bonchev–Trinajstić information content (AvgIpc) is 3.06. The quantitative estimate of drug-likeness (QED) is 0.888. The molecule has 3 rings (SSSR count). The van der Waals surface area contributed by atoms with Gasteiger partial charge in [-0.2, -0.15) is 0 Å². The van der Waals surface area contributed by atoms with Crippen LogP contribution in [0, 0.1) is 5.92 Å². The van der Waals surface area contributed by atoms with Gasteiger partial charge in [0, 0.05) is 6.54 Å². The van der Waals surface area contributed by atoms with Crippen molar-refractivity contribution in [1.82, 2.24) is 9.55 Å². The molecule has 1 saturated carbocycles. The molecule has 0 unspecified atom stereocenters. The van der Waals surface area contributed by atoms with Crippen LogP contribution in [0.1, 0.15) is 48.9 Å². The molecule has 1 heterocycles. The van der Waals surface area contributed by atoms with Gasteiger partial charge in [-0.1, -0.05) is 25.7 Å². The molecule has 1 fully saturated rings. The Morgan fingerprint density at radius 3 is 2.81 bits per heavy atom. The van der Waals surface area contributed by atoms with Gasteiger partial charge in [-0.15, -0.1) is 0 Å². The average molecular weight is 288 g/mol. The van der Waals surface area contributed by atoms with Crippen LogP contribution in [0.2, 0.25) is 0 Å². The molecule has 2 aromatic rings. The second-order valence-corrected chi connectivity index (χ2v) is 5.91. The summed E-state index contributed by atoms with van der Waals surface area (Å²) in [5.41, 5.74) is 1.45. The third kappa shape index (κ3) is 2.86. The van der Waals surface area contributed by atoms with E-state index in [4.69, 9.17) is 5.11 Å². The molecule has 1 aromatic heterocycles. The molecule has 5 nitrogen and oxygen atoms in total. The molecule has 0 spiro atoms. The van der Waals surface area contributed by atoms with Crippen LogP contribution in [0.3, 0.4) is 0 Å². The minimum absolute atomic E-state index is 0.154. The first-order valence-corrected chi connectivity index (χ1v) is 7.61. The third-order valence-electron chi connectivity index (χ3n) is 4.49. The standard InChI is InChI=1S/C16H20N2O3/c19-15(20)12-7-8-13-14(10-12)18(16(21)17-13)9-3-6-11-4-1-2-5-11/h7-8,10-11H,1-6,9H2,(H,17,21)(H,19,20). The number of imidazole rings is 1. The molecular formula is C16H20N2O3. The molecule has 0 radical (unpaired) electrons. The summed E-state index contributed by atoms with van der Waals surface area (Å²) in [6, 6.07) is 4.75. The number of hydrogen-bond acceptors (Lipinski definition) is 2. The number of carbonyl (C=O) groups is 1. The molecule has 0 amide bonds. The van der Waals surface area contributed by atoms with Gasteiger partial charge >= 0.3 is 11.7 Å². The number of aromatic amines is 1. The minimum Gasteiger partial charge on any atom is -0.478 e. The zero-order chi connectivity index (χ0) is 14.8. The lowest BCUT2D eigenvalue weighted by molar-refractivity contribution is 0.0697. The van der Waals surface area contributed by atoms with Crippen LogP contribution in [0.15, 0.2) is 23.0 Å². The number of carboxylic acid groups (broad SMARTS) is 1. The fraction of sp³-hybridized carbons (Fsp3) is 0.500. The van der Waals surface area contributed by atoms with Gasteiger partial charge in [0.15, 0.2) is 0 Å². The smallest absolute Gasteiger partial charge is 0.335 e. The highest BCUT2D eigenvalue weighted by Gasteiger charge is 2.15. The number of nitrogens with zero attached hydrogens (tertiary/aromatic N) is 1. The molecule has 21 heavy (non-hydrogen) atoms. The molecular weight excluding hydrogens is 268 g/mol. The fourth-order valence-electron chi connectivity index (χ4n) is 3.34. The molecule has 0 bridgehead atoms. The Bertz CT molecular complexity index is 708. The van der Waals surface area contributed by atoms with E-state index in [0.717, 1.165) is 18.8 Å². The van der Waals surface area contributed by atoms with Crippen molar-refractivity contribution in [2.45, 2.75) is 45.1 Å². The molecule has 1 aliphatic carbocycles. The molecule has 0 saturated heterocycles. The number of benzene rings is 1. The second-order valence-electron chi connectivity index (χ2n) is 5.91. The van der Waals surface area contributed by atoms with Crippen molar-refractivity contribution >= 4 is 17.0 Å². The van der Waals surface area contributed by atoms with Crippen molar-refractivity contribution in [3.8, 4) is 0 Å². The number of aromatic carboxylic acids is 1. The van der Waals surface area contributed by atoms with E-state index < -0.39 is 5.97 Å². The number of carboxylic acids is 1. The van der Waals surface area contributed by atoms with E-state index in [2.05, 4.69) is 4.98 Å². The van der Waals surface area contributed by atoms with E-state index >= 15 is 0 Å². The largest absolute Gasteiger partial charge is 0.478 e. The van der Waals surface area contributed by atoms with Gasteiger partial charge in [-0.25, -0.2) is 9.59 Å². The Balaban J connectivity index is 1.79. The minimum atomic E-state index is -0.969. The van der Waals surface area contributed by atoms with Gasteiger partial charge < -0.3 is 10.1 Å². The number of rotatable bonds is 5. The number of aromatic nitrogens is 2. The summed E-state index contributed by atoms with van der Waals surface area (Å²) in [4.78, 5) is 25.8. The van der Waals surface area contributed by atoms with Crippen molar-refractivity contribution in [3.05, 3.63) is 34.2 Å². The molecule has 1 aromatic carbocycles. The maximum atomic E-state index is 12.0. The van der Waals surface area contributed by atoms with Crippen LogP contribution in [0.4, 0.5) is 0 Å². The summed E-state index contributed by atoms with van der Waals surface area (Å²) in [5, 5.41) is 9.06. The molecule has 1 aliphatic rings. The van der Waals surface area contributed by atoms with Gasteiger partial charge in [-0.05, 0) is 37.0 Å². The first-order chi connectivity index (χ1) is 10.1. The van der Waals surface area contributed by atoms with Crippen LogP contribution >= 0.6 is 0 Å². The fourth-order valence-corrected chi connectivity index (χ4v) is 3.34. The summed E-state index contributed by atoms with van der Waals surface area (Å²) in [6.07, 6.45) is 7.41. The van der Waals surface area contributed by atoms with E-state index in [1.54, 1.807) is 16.7 Å². The van der Waals surface area contributed by atoms with E-state index in [-0.39, 0.29) is 11.3 Å². The number of aryl methyl sites for hydroxylation is 1. The highest BCUT2D eigenvalue weighted by atomic mass is 16.4. The van der Waals surface area contributed by atoms with Gasteiger partial charge in [0.25, 0.3) is 0 Å². The number of fused-ring (bicyclic) bond motifs is 1. The lowest BCUT2D eigenvalue weighted by Gasteiger charge is -2.09. The number of H-pyrrole nitrogens is 1. The summed E-state index contributed by atoms with van der Waals surface area (Å²) in [6.45, 7) is 0.651. The predicted molar refractivity (Wildman–Crippen MR) is 80.7 cm³/mol. The monoisotopic (exact) mass is 288 g/mol. The van der Waals surface area contributed by atoms with Gasteiger partial charge in [0.05, 0.1) is 16.6 Å². The SMILES string of the molecule is O=C(O)c1ccc2[nH]c(=O)n(CCCC3CCCC3)c2c1. The molecule has 0 aliphatic heterocycles. The number of hydrogen-bond donors (Lipinski definition) is 2. The van der Waals surface area contributed by atoms with Crippen molar-refractivity contribution in [3.63, 3.8) is 0 Å². The van der Waals surface area contributed by atoms with Gasteiger partial charge in [0.2, 0.25) is 0 Å². The van der Waals surface area contributed by atoms with Gasteiger partial charge in [0.1, 0.15) is 0 Å². The maximum Gasteiger partial charge on any atom is 0.335 e. The molecule has 5 heteroatoms. The Kier molecular flexibility index (Phi) is 3.82. The third-order valence-corrected chi connectivity index (χ3v) is 4.49. The highest BCUT2D eigenvalue weighted by molar-refractivity contribution is 5.92. The lowest BCUT2D eigenvalue weighted by atomic mass is 10.0. The Morgan fingerprint density at radius 2 is 2.10 bits per heavy atom. The highest BCUT2D eigenvalue weighted by Crippen LogP contribution is 2.28. The Morgan fingerprint density at radius 1 is 1.33 bits per heavy atom. The Labute approximate surface area is 122 Å². The van der Waals surface area contributed by atoms with Crippen LogP contribution < -0.4 is 5.69 Å². The second kappa shape index (κ2) is 5.76. The first kappa shape index (κ1) is 13.9. The molecule has 0 atom stereocenters. The van der Waals surface area contributed by atoms with Gasteiger partial charge in [-0.3, -0.25) is 4.57 Å². The van der Waals surface area contributed by atoms with E-state index in [1.807, 2.05) is 0 Å². The normalized spacial score (nSPS) is 15.8. The number of nitrogens with one attached hydrogen (secondary N) is 1. The maximum absolute atomic E-state index is 12.0. The zero-order valence-corrected chi connectivity index (χ0v) is 12.0. The van der Waals surface area contributed by atoms with Crippen LogP contribution in [-0.4, -0.2) is 20.6 Å². The topological polar surface area (TPSA) is 75.1 Å². The van der Waals surface area contributed by atoms with Crippen molar-refractivity contribution in [2.75, 3.05) is 0 Å². The van der Waals surface area contributed by atoms with Crippen LogP contribution in [0.5, 0.6) is 0 Å². The first-order valence-electron chi connectivity index (χ1n) is 7.61. The predicted octanol–water partition coefficient (Wildman–Crippen LogP) is 3.00. The molecule has 2 N–H and O–H groups in total.